The summed E-state index contributed by atoms with van der Waals surface area (Å²) < 4.78 is 24.5. The van der Waals surface area contributed by atoms with Crippen molar-refractivity contribution >= 4 is 21.6 Å². The SMILES string of the molecule is CS(=O)(=O)NC(C[N+](=O)[O-])c1ccccc1Cl. The van der Waals surface area contributed by atoms with Crippen LogP contribution in [0, 0.1) is 10.1 Å². The van der Waals surface area contributed by atoms with E-state index in [1.165, 1.54) is 0 Å². The molecule has 6 nitrogen and oxygen atoms in total. The fourth-order valence-electron chi connectivity index (χ4n) is 1.36. The molecule has 8 heteroatoms. The molecule has 0 aromatic heterocycles. The monoisotopic (exact) mass is 278 g/mol. The van der Waals surface area contributed by atoms with Gasteiger partial charge in [-0.1, -0.05) is 29.8 Å². The Balaban J connectivity index is 3.06. The van der Waals surface area contributed by atoms with E-state index in [0.29, 0.717) is 5.56 Å². The van der Waals surface area contributed by atoms with Crippen LogP contribution in [0.4, 0.5) is 0 Å². The lowest BCUT2D eigenvalue weighted by Gasteiger charge is -2.15. The summed E-state index contributed by atoms with van der Waals surface area (Å²) in [6.07, 6.45) is 0.941. The number of halogens is 1. The van der Waals surface area contributed by atoms with Gasteiger partial charge in [0.05, 0.1) is 6.26 Å². The molecule has 0 radical (unpaired) electrons. The first-order chi connectivity index (χ1) is 7.79. The first kappa shape index (κ1) is 13.9. The normalized spacial score (nSPS) is 13.3. The summed E-state index contributed by atoms with van der Waals surface area (Å²) in [7, 11) is -3.55. The fourth-order valence-corrected chi connectivity index (χ4v) is 2.35. The summed E-state index contributed by atoms with van der Waals surface area (Å²) in [6.45, 7) is -0.559. The predicted molar refractivity (Wildman–Crippen MR) is 64.0 cm³/mol. The van der Waals surface area contributed by atoms with Crippen LogP contribution in [0.5, 0.6) is 0 Å². The van der Waals surface area contributed by atoms with Gasteiger partial charge in [-0.25, -0.2) is 13.1 Å². The Bertz CT molecular complexity index is 517. The summed E-state index contributed by atoms with van der Waals surface area (Å²) in [6, 6.07) is 5.43. The maximum Gasteiger partial charge on any atom is 0.224 e. The molecule has 0 aliphatic rings. The van der Waals surface area contributed by atoms with Crippen molar-refractivity contribution < 1.29 is 13.3 Å². The van der Waals surface area contributed by atoms with Crippen molar-refractivity contribution in [3.05, 3.63) is 45.0 Å². The maximum absolute atomic E-state index is 11.1. The van der Waals surface area contributed by atoms with Crippen LogP contribution >= 0.6 is 11.6 Å². The van der Waals surface area contributed by atoms with Crippen molar-refractivity contribution in [2.24, 2.45) is 0 Å². The molecule has 0 aliphatic carbocycles. The van der Waals surface area contributed by atoms with Crippen LogP contribution in [0.2, 0.25) is 5.02 Å². The number of sulfonamides is 1. The molecule has 1 aromatic carbocycles. The van der Waals surface area contributed by atoms with Gasteiger partial charge in [-0.05, 0) is 11.6 Å². The molecule has 1 N–H and O–H groups in total. The van der Waals surface area contributed by atoms with E-state index >= 15 is 0 Å². The smallest absolute Gasteiger partial charge is 0.224 e. The molecule has 0 aliphatic heterocycles. The first-order valence-electron chi connectivity index (χ1n) is 4.63. The van der Waals surface area contributed by atoms with Gasteiger partial charge in [-0.15, -0.1) is 0 Å². The van der Waals surface area contributed by atoms with Gasteiger partial charge in [0.2, 0.25) is 16.6 Å². The van der Waals surface area contributed by atoms with E-state index in [1.807, 2.05) is 0 Å². The van der Waals surface area contributed by atoms with E-state index in [9.17, 15) is 18.5 Å². The van der Waals surface area contributed by atoms with Gasteiger partial charge < -0.3 is 0 Å². The highest BCUT2D eigenvalue weighted by atomic mass is 35.5. The van der Waals surface area contributed by atoms with Gasteiger partial charge in [0.1, 0.15) is 6.04 Å². The van der Waals surface area contributed by atoms with Gasteiger partial charge in [0.25, 0.3) is 0 Å². The zero-order valence-corrected chi connectivity index (χ0v) is 10.5. The molecule has 94 valence electrons. The van der Waals surface area contributed by atoms with Crippen molar-refractivity contribution in [1.82, 2.24) is 4.72 Å². The van der Waals surface area contributed by atoms with Crippen LogP contribution in [0.25, 0.3) is 0 Å². The number of nitrogens with one attached hydrogen (secondary N) is 1. The Morgan fingerprint density at radius 3 is 2.53 bits per heavy atom. The fraction of sp³-hybridized carbons (Fsp3) is 0.333. The van der Waals surface area contributed by atoms with Crippen molar-refractivity contribution in [2.45, 2.75) is 6.04 Å². The zero-order chi connectivity index (χ0) is 13.1. The van der Waals surface area contributed by atoms with Crippen LogP contribution < -0.4 is 4.72 Å². The lowest BCUT2D eigenvalue weighted by Crippen LogP contribution is -2.32. The van der Waals surface area contributed by atoms with E-state index in [-0.39, 0.29) is 5.02 Å². The average molecular weight is 279 g/mol. The molecule has 1 unspecified atom stereocenters. The number of rotatable bonds is 5. The van der Waals surface area contributed by atoms with Gasteiger partial charge >= 0.3 is 0 Å². The van der Waals surface area contributed by atoms with Gasteiger partial charge in [0.15, 0.2) is 0 Å². The minimum Gasteiger partial charge on any atom is -0.264 e. The van der Waals surface area contributed by atoms with Crippen LogP contribution in [0.3, 0.4) is 0 Å². The Hall–Kier alpha value is -1.18. The number of hydrogen-bond donors (Lipinski definition) is 1. The average Bonchev–Trinajstić information content (AvgIpc) is 2.14. The van der Waals surface area contributed by atoms with Crippen LogP contribution in [-0.4, -0.2) is 26.1 Å². The second-order valence-electron chi connectivity index (χ2n) is 3.48. The van der Waals surface area contributed by atoms with Crippen LogP contribution in [0.15, 0.2) is 24.3 Å². The number of benzene rings is 1. The van der Waals surface area contributed by atoms with E-state index in [1.54, 1.807) is 24.3 Å². The minimum atomic E-state index is -3.55. The summed E-state index contributed by atoms with van der Waals surface area (Å²) in [5, 5.41) is 10.8. The highest BCUT2D eigenvalue weighted by Crippen LogP contribution is 2.23. The summed E-state index contributed by atoms with van der Waals surface area (Å²) in [5.41, 5.74) is 0.385. The van der Waals surface area contributed by atoms with E-state index in [2.05, 4.69) is 4.72 Å². The molecule has 1 aromatic rings. The third-order valence-corrected chi connectivity index (χ3v) is 3.03. The molecule has 17 heavy (non-hydrogen) atoms. The molecule has 0 fully saturated rings. The molecule has 0 heterocycles. The molecular formula is C9H11ClN2O4S. The lowest BCUT2D eigenvalue weighted by atomic mass is 10.1. The van der Waals surface area contributed by atoms with Crippen molar-refractivity contribution in [3.63, 3.8) is 0 Å². The Morgan fingerprint density at radius 1 is 1.47 bits per heavy atom. The minimum absolute atomic E-state index is 0.288. The van der Waals surface area contributed by atoms with E-state index in [4.69, 9.17) is 11.6 Å². The van der Waals surface area contributed by atoms with Crippen LogP contribution in [0.1, 0.15) is 11.6 Å². The maximum atomic E-state index is 11.1. The summed E-state index contributed by atoms with van der Waals surface area (Å²) in [4.78, 5) is 9.92. The molecule has 1 atom stereocenters. The number of nitrogens with zero attached hydrogens (tertiary/aromatic N) is 1. The van der Waals surface area contributed by atoms with Gasteiger partial charge in [0, 0.05) is 9.95 Å². The lowest BCUT2D eigenvalue weighted by molar-refractivity contribution is -0.483. The summed E-state index contributed by atoms with van der Waals surface area (Å²) >= 11 is 5.87. The van der Waals surface area contributed by atoms with Gasteiger partial charge in [-0.2, -0.15) is 0 Å². The highest BCUT2D eigenvalue weighted by Gasteiger charge is 2.23. The Labute approximate surface area is 104 Å². The molecule has 1 rings (SSSR count). The molecule has 0 saturated heterocycles. The second kappa shape index (κ2) is 5.44. The van der Waals surface area contributed by atoms with Crippen molar-refractivity contribution in [3.8, 4) is 0 Å². The van der Waals surface area contributed by atoms with E-state index < -0.39 is 27.5 Å². The quantitative estimate of drug-likeness (QED) is 0.647. The first-order valence-corrected chi connectivity index (χ1v) is 6.90. The Kier molecular flexibility index (Phi) is 4.44. The Morgan fingerprint density at radius 2 is 2.06 bits per heavy atom. The molecule has 0 amide bonds. The standard InChI is InChI=1S/C9H11ClN2O4S/c1-17(15,16)11-9(6-12(13)14)7-4-2-3-5-8(7)10/h2-5,9,11H,6H2,1H3. The number of hydrogen-bond acceptors (Lipinski definition) is 4. The number of nitro groups is 1. The van der Waals surface area contributed by atoms with Crippen LogP contribution in [-0.2, 0) is 10.0 Å². The van der Waals surface area contributed by atoms with Crippen molar-refractivity contribution in [2.75, 3.05) is 12.8 Å². The van der Waals surface area contributed by atoms with E-state index in [0.717, 1.165) is 6.26 Å². The molecule has 0 saturated carbocycles. The third-order valence-electron chi connectivity index (χ3n) is 1.97. The topological polar surface area (TPSA) is 89.3 Å². The van der Waals surface area contributed by atoms with Crippen molar-refractivity contribution in [1.29, 1.82) is 0 Å². The second-order valence-corrected chi connectivity index (χ2v) is 5.67. The summed E-state index contributed by atoms with van der Waals surface area (Å²) in [5.74, 6) is 0. The zero-order valence-electron chi connectivity index (χ0n) is 8.96. The third kappa shape index (κ3) is 4.68. The largest absolute Gasteiger partial charge is 0.264 e. The molecule has 0 spiro atoms. The molecular weight excluding hydrogens is 268 g/mol. The molecule has 0 bridgehead atoms. The highest BCUT2D eigenvalue weighted by molar-refractivity contribution is 7.88. The van der Waals surface area contributed by atoms with Gasteiger partial charge in [-0.3, -0.25) is 10.1 Å². The predicted octanol–water partition coefficient (Wildman–Crippen LogP) is 1.21.